The number of rotatable bonds is 1. The van der Waals surface area contributed by atoms with Crippen LogP contribution in [0.15, 0.2) is 6.07 Å². The van der Waals surface area contributed by atoms with Crippen molar-refractivity contribution in [2.45, 2.75) is 26.7 Å². The third-order valence-electron chi connectivity index (χ3n) is 4.64. The molecule has 4 N–H and O–H groups in total. The summed E-state index contributed by atoms with van der Waals surface area (Å²) in [5.74, 6) is -3.21. The average Bonchev–Trinajstić information content (AvgIpc) is 2.79. The number of benzene rings is 2. The van der Waals surface area contributed by atoms with E-state index >= 15 is 0 Å². The smallest absolute Gasteiger partial charge is 0.347 e. The first-order valence-corrected chi connectivity index (χ1v) is 7.91. The molecule has 0 amide bonds. The van der Waals surface area contributed by atoms with E-state index in [1.54, 1.807) is 0 Å². The van der Waals surface area contributed by atoms with Crippen LogP contribution in [0.1, 0.15) is 49.3 Å². The second kappa shape index (κ2) is 5.60. The van der Waals surface area contributed by atoms with Crippen LogP contribution in [0.2, 0.25) is 0 Å². The fourth-order valence-electron chi connectivity index (χ4n) is 3.29. The molecule has 4 rings (SSSR count). The molecule has 2 aromatic carbocycles. The molecule has 140 valence electrons. The number of ether oxygens (including phenoxy) is 3. The zero-order valence-electron chi connectivity index (χ0n) is 14.2. The van der Waals surface area contributed by atoms with Gasteiger partial charge in [0.05, 0.1) is 17.7 Å². The van der Waals surface area contributed by atoms with E-state index in [9.17, 15) is 30.0 Å². The Morgan fingerprint density at radius 3 is 2.37 bits per heavy atom. The van der Waals surface area contributed by atoms with Gasteiger partial charge in [-0.15, -0.1) is 0 Å². The molecule has 2 aliphatic heterocycles. The quantitative estimate of drug-likeness (QED) is 0.433. The van der Waals surface area contributed by atoms with E-state index in [2.05, 4.69) is 0 Å². The summed E-state index contributed by atoms with van der Waals surface area (Å²) in [4.78, 5) is 24.6. The van der Waals surface area contributed by atoms with Gasteiger partial charge in [-0.3, -0.25) is 0 Å². The molecule has 0 bridgehead atoms. The zero-order valence-corrected chi connectivity index (χ0v) is 14.2. The molecule has 0 aliphatic carbocycles. The van der Waals surface area contributed by atoms with Crippen molar-refractivity contribution >= 4 is 11.9 Å². The van der Waals surface area contributed by atoms with Gasteiger partial charge in [-0.25, -0.2) is 9.59 Å². The maximum atomic E-state index is 12.7. The van der Waals surface area contributed by atoms with E-state index in [0.29, 0.717) is 5.56 Å². The van der Waals surface area contributed by atoms with Gasteiger partial charge >= 0.3 is 11.9 Å². The molecule has 2 heterocycles. The summed E-state index contributed by atoms with van der Waals surface area (Å²) in [6.45, 7) is 2.29. The highest BCUT2D eigenvalue weighted by atomic mass is 16.6. The van der Waals surface area contributed by atoms with Crippen LogP contribution in [0.4, 0.5) is 0 Å². The van der Waals surface area contributed by atoms with Gasteiger partial charge in [0, 0.05) is 5.56 Å². The van der Waals surface area contributed by atoms with Crippen molar-refractivity contribution in [1.82, 2.24) is 0 Å². The number of phenolic OH excluding ortho intramolecular Hbond substituents is 1. The van der Waals surface area contributed by atoms with Crippen LogP contribution in [0.5, 0.6) is 28.7 Å². The first-order chi connectivity index (χ1) is 12.8. The third kappa shape index (κ3) is 2.19. The van der Waals surface area contributed by atoms with E-state index in [0.717, 1.165) is 0 Å². The van der Waals surface area contributed by atoms with Crippen molar-refractivity contribution in [3.05, 3.63) is 39.4 Å². The highest BCUT2D eigenvalue weighted by Gasteiger charge is 2.42. The molecule has 2 aromatic rings. The number of carbonyl (C=O) groups excluding carboxylic acids is 2. The van der Waals surface area contributed by atoms with Crippen molar-refractivity contribution in [2.24, 2.45) is 0 Å². The average molecular weight is 374 g/mol. The van der Waals surface area contributed by atoms with E-state index in [1.807, 2.05) is 0 Å². The summed E-state index contributed by atoms with van der Waals surface area (Å²) in [5.41, 5.74) is -0.267. The molecular formula is C18H14O9. The van der Waals surface area contributed by atoms with Crippen LogP contribution < -0.4 is 9.47 Å². The molecule has 0 saturated carbocycles. The lowest BCUT2D eigenvalue weighted by molar-refractivity contribution is -0.0555. The molecule has 0 spiro atoms. The Hall–Kier alpha value is -3.30. The Morgan fingerprint density at radius 2 is 1.70 bits per heavy atom. The van der Waals surface area contributed by atoms with E-state index in [4.69, 9.17) is 14.2 Å². The summed E-state index contributed by atoms with van der Waals surface area (Å²) in [7, 11) is 0. The Balaban J connectivity index is 2.09. The predicted molar refractivity (Wildman–Crippen MR) is 87.0 cm³/mol. The largest absolute Gasteiger partial charge is 0.507 e. The molecule has 0 aromatic heterocycles. The summed E-state index contributed by atoms with van der Waals surface area (Å²) in [6, 6.07) is 1.28. The number of esters is 2. The first kappa shape index (κ1) is 17.1. The van der Waals surface area contributed by atoms with E-state index in [1.165, 1.54) is 19.9 Å². The van der Waals surface area contributed by atoms with Gasteiger partial charge in [0.1, 0.15) is 22.6 Å². The van der Waals surface area contributed by atoms with Crippen LogP contribution in [0.25, 0.3) is 0 Å². The van der Waals surface area contributed by atoms with Crippen LogP contribution in [-0.4, -0.2) is 32.4 Å². The van der Waals surface area contributed by atoms with Gasteiger partial charge in [0.15, 0.2) is 17.2 Å². The van der Waals surface area contributed by atoms with E-state index in [-0.39, 0.29) is 50.8 Å². The fraction of sp³-hybridized carbons (Fsp3) is 0.222. The maximum absolute atomic E-state index is 12.7. The number of hydrogen-bond donors (Lipinski definition) is 4. The maximum Gasteiger partial charge on any atom is 0.347 e. The Morgan fingerprint density at radius 1 is 1.00 bits per heavy atom. The van der Waals surface area contributed by atoms with Gasteiger partial charge in [-0.1, -0.05) is 0 Å². The standard InChI is InChI=1S/C18H14O9/c1-5-3-8(20)7(4-19)14-9(5)16(22)26-13-6(2)12(21)10-11(15(13)25-14)18(24)27-17(10)23/h3,18-21,24H,4H2,1-2H3/t18-/m1/s1. The number of aryl methyl sites for hydroxylation is 1. The van der Waals surface area contributed by atoms with Gasteiger partial charge in [0.25, 0.3) is 0 Å². The fourth-order valence-corrected chi connectivity index (χ4v) is 3.29. The number of aliphatic hydroxyl groups is 2. The Bertz CT molecular complexity index is 1040. The van der Waals surface area contributed by atoms with Crippen molar-refractivity contribution < 1.29 is 44.2 Å². The number of cyclic esters (lactones) is 1. The topological polar surface area (TPSA) is 143 Å². The number of fused-ring (bicyclic) bond motifs is 4. The molecule has 2 aliphatic rings. The third-order valence-corrected chi connectivity index (χ3v) is 4.64. The SMILES string of the molecule is Cc1cc(O)c(CO)c2c1C(=O)Oc1c(C)c(O)c3c(c1O2)[C@H](O)OC3=O. The van der Waals surface area contributed by atoms with Crippen LogP contribution >= 0.6 is 0 Å². The minimum atomic E-state index is -1.75. The minimum absolute atomic E-state index is 0.0309. The van der Waals surface area contributed by atoms with Crippen LogP contribution in [0, 0.1) is 13.8 Å². The minimum Gasteiger partial charge on any atom is -0.507 e. The molecule has 9 heteroatoms. The van der Waals surface area contributed by atoms with Crippen LogP contribution in [0.3, 0.4) is 0 Å². The van der Waals surface area contributed by atoms with Crippen molar-refractivity contribution in [1.29, 1.82) is 0 Å². The second-order valence-electron chi connectivity index (χ2n) is 6.22. The normalized spacial score (nSPS) is 17.3. The summed E-state index contributed by atoms with van der Waals surface area (Å²) >= 11 is 0. The lowest BCUT2D eigenvalue weighted by Crippen LogP contribution is -2.11. The summed E-state index contributed by atoms with van der Waals surface area (Å²) < 4.78 is 15.9. The first-order valence-electron chi connectivity index (χ1n) is 7.91. The number of hydrogen-bond acceptors (Lipinski definition) is 9. The second-order valence-corrected chi connectivity index (χ2v) is 6.22. The molecule has 0 saturated heterocycles. The van der Waals surface area contributed by atoms with Crippen LogP contribution in [-0.2, 0) is 11.3 Å². The highest BCUT2D eigenvalue weighted by Crippen LogP contribution is 2.53. The van der Waals surface area contributed by atoms with Gasteiger partial charge in [-0.2, -0.15) is 0 Å². The molecule has 0 unspecified atom stereocenters. The van der Waals surface area contributed by atoms with Crippen molar-refractivity contribution in [3.63, 3.8) is 0 Å². The van der Waals surface area contributed by atoms with Crippen molar-refractivity contribution in [3.8, 4) is 28.7 Å². The highest BCUT2D eigenvalue weighted by molar-refractivity contribution is 6.02. The zero-order chi connectivity index (χ0) is 19.6. The molecular weight excluding hydrogens is 360 g/mol. The summed E-state index contributed by atoms with van der Waals surface area (Å²) in [6.07, 6.45) is -1.75. The lowest BCUT2D eigenvalue weighted by atomic mass is 10.0. The molecule has 9 nitrogen and oxygen atoms in total. The Labute approximate surface area is 152 Å². The summed E-state index contributed by atoms with van der Waals surface area (Å²) in [5, 5.41) is 40.1. The molecule has 1 atom stereocenters. The molecule has 27 heavy (non-hydrogen) atoms. The lowest BCUT2D eigenvalue weighted by Gasteiger charge is -2.17. The Kier molecular flexibility index (Phi) is 3.55. The number of phenols is 2. The van der Waals surface area contributed by atoms with Gasteiger partial charge < -0.3 is 34.6 Å². The predicted octanol–water partition coefficient (Wildman–Crippen LogP) is 1.69. The molecule has 0 fully saturated rings. The number of carbonyl (C=O) groups is 2. The monoisotopic (exact) mass is 374 g/mol. The van der Waals surface area contributed by atoms with Crippen molar-refractivity contribution in [2.75, 3.05) is 0 Å². The molecule has 0 radical (unpaired) electrons. The number of aliphatic hydroxyl groups excluding tert-OH is 2. The van der Waals surface area contributed by atoms with E-state index < -0.39 is 30.6 Å². The van der Waals surface area contributed by atoms with Gasteiger partial charge in [0.2, 0.25) is 6.29 Å². The number of aromatic hydroxyl groups is 2. The van der Waals surface area contributed by atoms with Gasteiger partial charge in [-0.05, 0) is 25.5 Å².